The second kappa shape index (κ2) is 3.89. The lowest BCUT2D eigenvalue weighted by Gasteiger charge is -2.06. The van der Waals surface area contributed by atoms with Gasteiger partial charge in [0, 0.05) is 19.8 Å². The van der Waals surface area contributed by atoms with Gasteiger partial charge in [0.25, 0.3) is 5.91 Å². The van der Waals surface area contributed by atoms with Crippen molar-refractivity contribution < 1.29 is 4.79 Å². The summed E-state index contributed by atoms with van der Waals surface area (Å²) in [6.45, 7) is 1.85. The van der Waals surface area contributed by atoms with Crippen LogP contribution >= 0.6 is 0 Å². The number of aromatic nitrogens is 1. The molecule has 1 amide bonds. The molecule has 0 saturated carbocycles. The highest BCUT2D eigenvalue weighted by Gasteiger charge is 2.10. The van der Waals surface area contributed by atoms with Gasteiger partial charge in [0.1, 0.15) is 0 Å². The molecule has 0 radical (unpaired) electrons. The molecule has 2 N–H and O–H groups in total. The van der Waals surface area contributed by atoms with Crippen molar-refractivity contribution in [2.24, 2.45) is 0 Å². The monoisotopic (exact) mass is 179 g/mol. The molecule has 0 aliphatic rings. The molecule has 0 aromatic carbocycles. The Labute approximate surface area is 77.4 Å². The normalized spacial score (nSPS) is 9.46. The maximum atomic E-state index is 11.3. The Kier molecular flexibility index (Phi) is 2.84. The zero-order valence-corrected chi connectivity index (χ0v) is 8.01. The SMILES string of the molecule is CNC(=O)c1nc(C)ccc1NC. The van der Waals surface area contributed by atoms with Crippen LogP contribution in [-0.4, -0.2) is 25.0 Å². The van der Waals surface area contributed by atoms with Gasteiger partial charge in [0.15, 0.2) is 5.69 Å². The molecule has 4 heteroatoms. The third-order valence-electron chi connectivity index (χ3n) is 1.75. The van der Waals surface area contributed by atoms with Crippen molar-refractivity contribution in [1.82, 2.24) is 10.3 Å². The Morgan fingerprint density at radius 3 is 2.62 bits per heavy atom. The Morgan fingerprint density at radius 1 is 1.38 bits per heavy atom. The summed E-state index contributed by atoms with van der Waals surface area (Å²) in [7, 11) is 3.35. The molecule has 1 heterocycles. The van der Waals surface area contributed by atoms with Crippen LogP contribution in [0.4, 0.5) is 5.69 Å². The quantitative estimate of drug-likeness (QED) is 0.705. The van der Waals surface area contributed by atoms with Crippen molar-refractivity contribution in [1.29, 1.82) is 0 Å². The number of rotatable bonds is 2. The van der Waals surface area contributed by atoms with Gasteiger partial charge in [-0.3, -0.25) is 4.79 Å². The van der Waals surface area contributed by atoms with Gasteiger partial charge in [-0.1, -0.05) is 0 Å². The van der Waals surface area contributed by atoms with Gasteiger partial charge >= 0.3 is 0 Å². The van der Waals surface area contributed by atoms with Crippen LogP contribution in [0.3, 0.4) is 0 Å². The number of hydrogen-bond donors (Lipinski definition) is 2. The van der Waals surface area contributed by atoms with Crippen molar-refractivity contribution in [3.63, 3.8) is 0 Å². The summed E-state index contributed by atoms with van der Waals surface area (Å²) in [4.78, 5) is 15.5. The average Bonchev–Trinajstić information content (AvgIpc) is 2.16. The van der Waals surface area contributed by atoms with Crippen molar-refractivity contribution in [2.75, 3.05) is 19.4 Å². The van der Waals surface area contributed by atoms with Crippen LogP contribution in [0.5, 0.6) is 0 Å². The highest BCUT2D eigenvalue weighted by atomic mass is 16.1. The molecule has 70 valence electrons. The lowest BCUT2D eigenvalue weighted by atomic mass is 10.2. The fourth-order valence-electron chi connectivity index (χ4n) is 1.05. The number of aryl methyl sites for hydroxylation is 1. The number of carbonyl (C=O) groups excluding carboxylic acids is 1. The number of nitrogens with one attached hydrogen (secondary N) is 2. The minimum absolute atomic E-state index is 0.173. The number of anilines is 1. The highest BCUT2D eigenvalue weighted by Crippen LogP contribution is 2.12. The van der Waals surface area contributed by atoms with Gasteiger partial charge in [-0.15, -0.1) is 0 Å². The predicted molar refractivity (Wildman–Crippen MR) is 51.9 cm³/mol. The van der Waals surface area contributed by atoms with E-state index in [4.69, 9.17) is 0 Å². The van der Waals surface area contributed by atoms with E-state index >= 15 is 0 Å². The zero-order chi connectivity index (χ0) is 9.84. The van der Waals surface area contributed by atoms with Crippen LogP contribution in [-0.2, 0) is 0 Å². The predicted octanol–water partition coefficient (Wildman–Crippen LogP) is 0.791. The molecule has 0 aliphatic carbocycles. The summed E-state index contributed by atoms with van der Waals surface area (Å²) >= 11 is 0. The Balaban J connectivity index is 3.15. The molecule has 0 saturated heterocycles. The average molecular weight is 179 g/mol. The smallest absolute Gasteiger partial charge is 0.271 e. The minimum Gasteiger partial charge on any atom is -0.386 e. The van der Waals surface area contributed by atoms with Gasteiger partial charge in [-0.25, -0.2) is 4.98 Å². The fraction of sp³-hybridized carbons (Fsp3) is 0.333. The van der Waals surface area contributed by atoms with Crippen LogP contribution in [0.1, 0.15) is 16.2 Å². The zero-order valence-electron chi connectivity index (χ0n) is 8.01. The number of hydrogen-bond acceptors (Lipinski definition) is 3. The first kappa shape index (κ1) is 9.51. The summed E-state index contributed by atoms with van der Waals surface area (Å²) in [5, 5.41) is 5.46. The van der Waals surface area contributed by atoms with Gasteiger partial charge in [-0.05, 0) is 19.1 Å². The van der Waals surface area contributed by atoms with Crippen LogP contribution < -0.4 is 10.6 Å². The topological polar surface area (TPSA) is 54.0 Å². The summed E-state index contributed by atoms with van der Waals surface area (Å²) in [6.07, 6.45) is 0. The lowest BCUT2D eigenvalue weighted by molar-refractivity contribution is 0.0959. The number of carbonyl (C=O) groups is 1. The molecule has 0 fully saturated rings. The highest BCUT2D eigenvalue weighted by molar-refractivity contribution is 5.97. The van der Waals surface area contributed by atoms with Crippen molar-refractivity contribution in [3.05, 3.63) is 23.5 Å². The third kappa shape index (κ3) is 1.96. The van der Waals surface area contributed by atoms with E-state index in [1.807, 2.05) is 19.1 Å². The van der Waals surface area contributed by atoms with Crippen molar-refractivity contribution in [2.45, 2.75) is 6.92 Å². The molecule has 0 bridgehead atoms. The lowest BCUT2D eigenvalue weighted by Crippen LogP contribution is -2.21. The Bertz CT molecular complexity index is 323. The maximum absolute atomic E-state index is 11.3. The van der Waals surface area contributed by atoms with Crippen molar-refractivity contribution >= 4 is 11.6 Å². The van der Waals surface area contributed by atoms with Gasteiger partial charge < -0.3 is 10.6 Å². The molecule has 0 unspecified atom stereocenters. The van der Waals surface area contributed by atoms with E-state index < -0.39 is 0 Å². The van der Waals surface area contributed by atoms with E-state index in [1.54, 1.807) is 14.1 Å². The van der Waals surface area contributed by atoms with E-state index in [1.165, 1.54) is 0 Å². The minimum atomic E-state index is -0.173. The third-order valence-corrected chi connectivity index (χ3v) is 1.75. The largest absolute Gasteiger partial charge is 0.386 e. The molecule has 1 aromatic heterocycles. The molecule has 0 aliphatic heterocycles. The van der Waals surface area contributed by atoms with Crippen LogP contribution in [0.2, 0.25) is 0 Å². The molecule has 13 heavy (non-hydrogen) atoms. The van der Waals surface area contributed by atoms with Crippen LogP contribution in [0.15, 0.2) is 12.1 Å². The fourth-order valence-corrected chi connectivity index (χ4v) is 1.05. The number of amides is 1. The second-order valence-electron chi connectivity index (χ2n) is 2.68. The summed E-state index contributed by atoms with van der Waals surface area (Å²) < 4.78 is 0. The summed E-state index contributed by atoms with van der Waals surface area (Å²) in [6, 6.07) is 3.70. The van der Waals surface area contributed by atoms with E-state index in [-0.39, 0.29) is 5.91 Å². The second-order valence-corrected chi connectivity index (χ2v) is 2.68. The van der Waals surface area contributed by atoms with Gasteiger partial charge in [-0.2, -0.15) is 0 Å². The summed E-state index contributed by atoms with van der Waals surface area (Å²) in [5.74, 6) is -0.173. The molecule has 0 atom stereocenters. The number of pyridine rings is 1. The first-order valence-corrected chi connectivity index (χ1v) is 4.06. The molecule has 4 nitrogen and oxygen atoms in total. The van der Waals surface area contributed by atoms with E-state index in [0.29, 0.717) is 5.69 Å². The number of nitrogens with zero attached hydrogens (tertiary/aromatic N) is 1. The molecular weight excluding hydrogens is 166 g/mol. The van der Waals surface area contributed by atoms with Crippen molar-refractivity contribution in [3.8, 4) is 0 Å². The van der Waals surface area contributed by atoms with Crippen LogP contribution in [0, 0.1) is 6.92 Å². The van der Waals surface area contributed by atoms with E-state index in [2.05, 4.69) is 15.6 Å². The van der Waals surface area contributed by atoms with E-state index in [0.717, 1.165) is 11.4 Å². The molecular formula is C9H13N3O. The molecule has 1 rings (SSSR count). The van der Waals surface area contributed by atoms with Gasteiger partial charge in [0.2, 0.25) is 0 Å². The Hall–Kier alpha value is -1.58. The van der Waals surface area contributed by atoms with Crippen LogP contribution in [0.25, 0.3) is 0 Å². The molecule has 1 aromatic rings. The maximum Gasteiger partial charge on any atom is 0.271 e. The standard InChI is InChI=1S/C9H13N3O/c1-6-4-5-7(10-2)8(12-6)9(13)11-3/h4-5,10H,1-3H3,(H,11,13). The summed E-state index contributed by atoms with van der Waals surface area (Å²) in [5.41, 5.74) is 2.01. The Morgan fingerprint density at radius 2 is 2.08 bits per heavy atom. The first-order chi connectivity index (χ1) is 6.19. The van der Waals surface area contributed by atoms with E-state index in [9.17, 15) is 4.79 Å². The molecule has 0 spiro atoms. The first-order valence-electron chi connectivity index (χ1n) is 4.06. The van der Waals surface area contributed by atoms with Gasteiger partial charge in [0.05, 0.1) is 5.69 Å².